The third-order valence-corrected chi connectivity index (χ3v) is 5.24. The minimum absolute atomic E-state index is 0.0500. The molecule has 0 aliphatic carbocycles. The van der Waals surface area contributed by atoms with E-state index in [2.05, 4.69) is 5.43 Å². The number of nitrogens with zero attached hydrogens (tertiary/aromatic N) is 2. The van der Waals surface area contributed by atoms with Crippen LogP contribution >= 0.6 is 0 Å². The first-order valence-electron chi connectivity index (χ1n) is 6.22. The molecule has 116 valence electrons. The van der Waals surface area contributed by atoms with Crippen LogP contribution in [-0.2, 0) is 14.8 Å². The van der Waals surface area contributed by atoms with Crippen molar-refractivity contribution >= 4 is 21.4 Å². The normalized spacial score (nSPS) is 20.2. The summed E-state index contributed by atoms with van der Waals surface area (Å²) < 4.78 is 31.6. The van der Waals surface area contributed by atoms with Crippen molar-refractivity contribution in [3.8, 4) is 0 Å². The van der Waals surface area contributed by atoms with E-state index in [4.69, 9.17) is 10.6 Å². The monoisotopic (exact) mass is 316 g/mol. The van der Waals surface area contributed by atoms with E-state index in [0.717, 1.165) is 6.07 Å². The predicted octanol–water partition coefficient (Wildman–Crippen LogP) is 0.290. The number of ether oxygens (including phenoxy) is 1. The average molecular weight is 316 g/mol. The van der Waals surface area contributed by atoms with Gasteiger partial charge in [0.15, 0.2) is 0 Å². The molecule has 0 spiro atoms. The molecule has 2 rings (SSSR count). The molecule has 1 atom stereocenters. The van der Waals surface area contributed by atoms with Crippen molar-refractivity contribution in [2.45, 2.75) is 17.9 Å². The quantitative estimate of drug-likeness (QED) is 0.464. The SMILES string of the molecule is CC1COCCN1S(=O)(=O)c1ccc(NN)c([N+](=O)[O-])c1. The van der Waals surface area contributed by atoms with E-state index >= 15 is 0 Å². The lowest BCUT2D eigenvalue weighted by molar-refractivity contribution is -0.384. The van der Waals surface area contributed by atoms with Gasteiger partial charge in [-0.15, -0.1) is 0 Å². The molecule has 3 N–H and O–H groups in total. The van der Waals surface area contributed by atoms with E-state index in [1.54, 1.807) is 6.92 Å². The summed E-state index contributed by atoms with van der Waals surface area (Å²) in [5.74, 6) is 5.18. The number of nitro groups is 1. The van der Waals surface area contributed by atoms with Crippen LogP contribution in [0.2, 0.25) is 0 Å². The zero-order valence-electron chi connectivity index (χ0n) is 11.4. The minimum atomic E-state index is -3.81. The molecule has 1 fully saturated rings. The Balaban J connectivity index is 2.45. The average Bonchev–Trinajstić information content (AvgIpc) is 2.46. The number of hydrogen-bond donors (Lipinski definition) is 2. The number of nitrogen functional groups attached to an aromatic ring is 1. The molecule has 0 radical (unpaired) electrons. The van der Waals surface area contributed by atoms with Crippen molar-refractivity contribution in [2.24, 2.45) is 5.84 Å². The van der Waals surface area contributed by atoms with Crippen LogP contribution in [-0.4, -0.2) is 43.4 Å². The molecule has 1 aromatic rings. The maximum atomic E-state index is 12.6. The zero-order valence-corrected chi connectivity index (χ0v) is 12.2. The lowest BCUT2D eigenvalue weighted by Crippen LogP contribution is -2.46. The molecule has 1 aliphatic heterocycles. The second-order valence-corrected chi connectivity index (χ2v) is 6.51. The highest BCUT2D eigenvalue weighted by molar-refractivity contribution is 7.89. The highest BCUT2D eigenvalue weighted by Crippen LogP contribution is 2.29. The summed E-state index contributed by atoms with van der Waals surface area (Å²) in [6.45, 7) is 2.53. The number of hydrazine groups is 1. The molecule has 1 aliphatic rings. The standard InChI is InChI=1S/C11H16N4O5S/c1-8-7-20-5-4-14(8)21(18,19)9-2-3-10(13-12)11(6-9)15(16)17/h2-3,6,8,13H,4-5,7,12H2,1H3. The van der Waals surface area contributed by atoms with E-state index < -0.39 is 14.9 Å². The van der Waals surface area contributed by atoms with E-state index in [1.807, 2.05) is 0 Å². The molecule has 10 heteroatoms. The Hall–Kier alpha value is -1.75. The van der Waals surface area contributed by atoms with Gasteiger partial charge in [-0.3, -0.25) is 16.0 Å². The van der Waals surface area contributed by atoms with Gasteiger partial charge in [0.25, 0.3) is 5.69 Å². The van der Waals surface area contributed by atoms with Gasteiger partial charge >= 0.3 is 0 Å². The van der Waals surface area contributed by atoms with Crippen LogP contribution in [0, 0.1) is 10.1 Å². The number of hydrogen-bond acceptors (Lipinski definition) is 7. The number of nitrogens with one attached hydrogen (secondary N) is 1. The summed E-state index contributed by atoms with van der Waals surface area (Å²) in [7, 11) is -3.81. The van der Waals surface area contributed by atoms with Gasteiger partial charge < -0.3 is 10.2 Å². The third-order valence-electron chi connectivity index (χ3n) is 3.23. The van der Waals surface area contributed by atoms with Crippen molar-refractivity contribution < 1.29 is 18.1 Å². The maximum absolute atomic E-state index is 12.6. The van der Waals surface area contributed by atoms with Crippen molar-refractivity contribution in [3.63, 3.8) is 0 Å². The minimum Gasteiger partial charge on any atom is -0.378 e. The first-order valence-corrected chi connectivity index (χ1v) is 7.66. The third kappa shape index (κ3) is 2.97. The fourth-order valence-electron chi connectivity index (χ4n) is 2.15. The van der Waals surface area contributed by atoms with Gasteiger partial charge in [0.1, 0.15) is 5.69 Å². The van der Waals surface area contributed by atoms with Gasteiger partial charge in [-0.1, -0.05) is 0 Å². The number of sulfonamides is 1. The Morgan fingerprint density at radius 1 is 1.52 bits per heavy atom. The molecule has 0 aromatic heterocycles. The summed E-state index contributed by atoms with van der Waals surface area (Å²) in [5.41, 5.74) is 1.83. The second kappa shape index (κ2) is 5.93. The molecule has 0 saturated carbocycles. The molecule has 1 aromatic carbocycles. The number of morpholine rings is 1. The summed E-state index contributed by atoms with van der Waals surface area (Å²) >= 11 is 0. The van der Waals surface area contributed by atoms with Crippen molar-refractivity contribution in [1.82, 2.24) is 4.31 Å². The molecule has 0 bridgehead atoms. The Bertz CT molecular complexity index is 648. The molecule has 21 heavy (non-hydrogen) atoms. The van der Waals surface area contributed by atoms with Crippen LogP contribution in [0.25, 0.3) is 0 Å². The summed E-state index contributed by atoms with van der Waals surface area (Å²) in [6, 6.07) is 3.25. The van der Waals surface area contributed by atoms with Gasteiger partial charge in [-0.25, -0.2) is 8.42 Å². The topological polar surface area (TPSA) is 128 Å². The van der Waals surface area contributed by atoms with Crippen LogP contribution in [0.1, 0.15) is 6.92 Å². The molecule has 1 unspecified atom stereocenters. The molecule has 9 nitrogen and oxygen atoms in total. The summed E-state index contributed by atoms with van der Waals surface area (Å²) in [4.78, 5) is 10.2. The number of nitrogens with two attached hydrogens (primary N) is 1. The second-order valence-electron chi connectivity index (χ2n) is 4.62. The maximum Gasteiger partial charge on any atom is 0.294 e. The van der Waals surface area contributed by atoms with Gasteiger partial charge in [-0.2, -0.15) is 4.31 Å². The molecular formula is C11H16N4O5S. The Morgan fingerprint density at radius 2 is 2.24 bits per heavy atom. The Kier molecular flexibility index (Phi) is 4.42. The fourth-order valence-corrected chi connectivity index (χ4v) is 3.77. The lowest BCUT2D eigenvalue weighted by atomic mass is 10.3. The fraction of sp³-hybridized carbons (Fsp3) is 0.455. The molecule has 1 heterocycles. The van der Waals surface area contributed by atoms with Gasteiger partial charge in [0.2, 0.25) is 10.0 Å². The largest absolute Gasteiger partial charge is 0.378 e. The molecule has 1 saturated heterocycles. The van der Waals surface area contributed by atoms with Crippen LogP contribution in [0.4, 0.5) is 11.4 Å². The number of rotatable bonds is 4. The van der Waals surface area contributed by atoms with E-state index in [1.165, 1.54) is 16.4 Å². The summed E-state index contributed by atoms with van der Waals surface area (Å²) in [5, 5.41) is 11.0. The van der Waals surface area contributed by atoms with E-state index in [0.29, 0.717) is 13.2 Å². The smallest absolute Gasteiger partial charge is 0.294 e. The Morgan fingerprint density at radius 3 is 2.81 bits per heavy atom. The zero-order chi connectivity index (χ0) is 15.6. The number of anilines is 1. The van der Waals surface area contributed by atoms with Gasteiger partial charge in [0, 0.05) is 18.7 Å². The van der Waals surface area contributed by atoms with E-state index in [9.17, 15) is 18.5 Å². The first-order chi connectivity index (χ1) is 9.87. The van der Waals surface area contributed by atoms with Crippen molar-refractivity contribution in [3.05, 3.63) is 28.3 Å². The lowest BCUT2D eigenvalue weighted by Gasteiger charge is -2.32. The van der Waals surface area contributed by atoms with E-state index in [-0.39, 0.29) is 28.9 Å². The molecular weight excluding hydrogens is 300 g/mol. The highest BCUT2D eigenvalue weighted by atomic mass is 32.2. The summed E-state index contributed by atoms with van der Waals surface area (Å²) in [6.07, 6.45) is 0. The predicted molar refractivity (Wildman–Crippen MR) is 75.1 cm³/mol. The van der Waals surface area contributed by atoms with Gasteiger partial charge in [0.05, 0.1) is 23.0 Å². The molecule has 0 amide bonds. The van der Waals surface area contributed by atoms with Crippen LogP contribution in [0.15, 0.2) is 23.1 Å². The van der Waals surface area contributed by atoms with Crippen molar-refractivity contribution in [2.75, 3.05) is 25.2 Å². The number of benzene rings is 1. The van der Waals surface area contributed by atoms with Crippen LogP contribution in [0.3, 0.4) is 0 Å². The van der Waals surface area contributed by atoms with Crippen LogP contribution < -0.4 is 11.3 Å². The Labute approximate surface area is 121 Å². The van der Waals surface area contributed by atoms with Crippen molar-refractivity contribution in [1.29, 1.82) is 0 Å². The highest BCUT2D eigenvalue weighted by Gasteiger charge is 2.32. The van der Waals surface area contributed by atoms with Crippen LogP contribution in [0.5, 0.6) is 0 Å². The van der Waals surface area contributed by atoms with Gasteiger partial charge in [-0.05, 0) is 19.1 Å². The number of nitro benzene ring substituents is 1. The first kappa shape index (κ1) is 15.6.